The van der Waals surface area contributed by atoms with Gasteiger partial charge < -0.3 is 9.80 Å². The fourth-order valence-electron chi connectivity index (χ4n) is 2.19. The van der Waals surface area contributed by atoms with E-state index in [0.29, 0.717) is 0 Å². The molecule has 0 saturated carbocycles. The van der Waals surface area contributed by atoms with E-state index >= 15 is 0 Å². The lowest BCUT2D eigenvalue weighted by Crippen LogP contribution is -2.61. The molecule has 0 aromatic heterocycles. The molecule has 2 aliphatic rings. The minimum Gasteiger partial charge on any atom is -0.372 e. The third kappa shape index (κ3) is 1.93. The van der Waals surface area contributed by atoms with E-state index in [4.69, 9.17) is 0 Å². The molecule has 0 unspecified atom stereocenters. The van der Waals surface area contributed by atoms with Crippen LogP contribution in [0.2, 0.25) is 0 Å². The quantitative estimate of drug-likeness (QED) is 0.633. The summed E-state index contributed by atoms with van der Waals surface area (Å²) in [5.41, 5.74) is 1.22. The fraction of sp³-hybridized carbons (Fsp3) is 0.818. The number of allylic oxidation sites excluding steroid dienone is 1. The number of hydrogen-bond acceptors (Lipinski definition) is 3. The van der Waals surface area contributed by atoms with Crippen LogP contribution in [0.3, 0.4) is 0 Å². The summed E-state index contributed by atoms with van der Waals surface area (Å²) in [6.45, 7) is 13.4. The number of likely N-dealkylation sites (N-methyl/N-ethyl adjacent to an activating group) is 1. The van der Waals surface area contributed by atoms with Crippen molar-refractivity contribution in [2.45, 2.75) is 13.0 Å². The van der Waals surface area contributed by atoms with E-state index in [0.717, 1.165) is 6.04 Å². The van der Waals surface area contributed by atoms with Gasteiger partial charge in [0.05, 0.1) is 0 Å². The Morgan fingerprint density at radius 3 is 2.21 bits per heavy atom. The fourth-order valence-corrected chi connectivity index (χ4v) is 2.19. The normalized spacial score (nSPS) is 26.3. The Morgan fingerprint density at radius 2 is 1.71 bits per heavy atom. The van der Waals surface area contributed by atoms with Crippen LogP contribution < -0.4 is 0 Å². The monoisotopic (exact) mass is 195 g/mol. The minimum absolute atomic E-state index is 0.792. The Kier molecular flexibility index (Phi) is 2.79. The summed E-state index contributed by atoms with van der Waals surface area (Å²) in [6, 6.07) is 0.792. The van der Waals surface area contributed by atoms with Gasteiger partial charge in [0.1, 0.15) is 0 Å². The second kappa shape index (κ2) is 3.91. The van der Waals surface area contributed by atoms with E-state index in [1.54, 1.807) is 0 Å². The zero-order valence-electron chi connectivity index (χ0n) is 9.37. The molecule has 2 aliphatic heterocycles. The van der Waals surface area contributed by atoms with Crippen molar-refractivity contribution >= 4 is 0 Å². The standard InChI is InChI=1S/C11H21N3/c1-10(2)14-8-11(9-14)13-6-4-12(3)5-7-13/h11H,1,4-9H2,2-3H3. The van der Waals surface area contributed by atoms with Crippen LogP contribution in [0.25, 0.3) is 0 Å². The van der Waals surface area contributed by atoms with Gasteiger partial charge in [-0.25, -0.2) is 0 Å². The van der Waals surface area contributed by atoms with Crippen molar-refractivity contribution in [3.63, 3.8) is 0 Å². The second-order valence-corrected chi connectivity index (χ2v) is 4.63. The maximum atomic E-state index is 3.97. The average molecular weight is 195 g/mol. The third-order valence-electron chi connectivity index (χ3n) is 3.46. The number of nitrogens with zero attached hydrogens (tertiary/aromatic N) is 3. The van der Waals surface area contributed by atoms with Crippen LogP contribution in [0, 0.1) is 0 Å². The predicted octanol–water partition coefficient (Wildman–Crippen LogP) is 0.452. The summed E-state index contributed by atoms with van der Waals surface area (Å²) in [4.78, 5) is 7.40. The van der Waals surface area contributed by atoms with Crippen LogP contribution in [0.15, 0.2) is 12.3 Å². The summed E-state index contributed by atoms with van der Waals surface area (Å²) < 4.78 is 0. The molecule has 2 fully saturated rings. The Bertz CT molecular complexity index is 213. The van der Waals surface area contributed by atoms with Crippen LogP contribution in [0.5, 0.6) is 0 Å². The summed E-state index contributed by atoms with van der Waals surface area (Å²) in [6.07, 6.45) is 0. The molecule has 80 valence electrons. The van der Waals surface area contributed by atoms with Gasteiger partial charge in [-0.3, -0.25) is 4.90 Å². The highest BCUT2D eigenvalue weighted by Crippen LogP contribution is 2.19. The van der Waals surface area contributed by atoms with Crippen molar-refractivity contribution in [2.75, 3.05) is 46.3 Å². The molecule has 0 bridgehead atoms. The Hall–Kier alpha value is -0.540. The summed E-state index contributed by atoms with van der Waals surface area (Å²) in [5, 5.41) is 0. The molecule has 2 rings (SSSR count). The molecule has 0 aromatic rings. The van der Waals surface area contributed by atoms with Crippen molar-refractivity contribution < 1.29 is 0 Å². The van der Waals surface area contributed by atoms with Crippen molar-refractivity contribution in [3.05, 3.63) is 12.3 Å². The van der Waals surface area contributed by atoms with Gasteiger partial charge >= 0.3 is 0 Å². The maximum Gasteiger partial charge on any atom is 0.0447 e. The summed E-state index contributed by atoms with van der Waals surface area (Å²) in [7, 11) is 2.21. The lowest BCUT2D eigenvalue weighted by Gasteiger charge is -2.49. The molecule has 0 atom stereocenters. The molecular weight excluding hydrogens is 174 g/mol. The first kappa shape index (κ1) is 9.99. The van der Waals surface area contributed by atoms with Crippen LogP contribution in [-0.2, 0) is 0 Å². The highest BCUT2D eigenvalue weighted by Gasteiger charge is 2.32. The topological polar surface area (TPSA) is 9.72 Å². The third-order valence-corrected chi connectivity index (χ3v) is 3.46. The van der Waals surface area contributed by atoms with Crippen molar-refractivity contribution in [1.29, 1.82) is 0 Å². The molecule has 0 aliphatic carbocycles. The lowest BCUT2D eigenvalue weighted by atomic mass is 10.1. The average Bonchev–Trinajstić information content (AvgIpc) is 2.05. The first-order valence-corrected chi connectivity index (χ1v) is 5.50. The molecule has 3 heteroatoms. The molecule has 0 amide bonds. The Balaban J connectivity index is 1.74. The van der Waals surface area contributed by atoms with Crippen LogP contribution in [0.4, 0.5) is 0 Å². The van der Waals surface area contributed by atoms with Gasteiger partial charge in [-0.1, -0.05) is 6.58 Å². The molecule has 0 aromatic carbocycles. The first-order chi connectivity index (χ1) is 6.66. The van der Waals surface area contributed by atoms with E-state index < -0.39 is 0 Å². The van der Waals surface area contributed by atoms with Gasteiger partial charge in [0, 0.05) is 51.0 Å². The molecule has 2 saturated heterocycles. The van der Waals surface area contributed by atoms with Gasteiger partial charge in [-0.05, 0) is 14.0 Å². The van der Waals surface area contributed by atoms with Crippen molar-refractivity contribution in [3.8, 4) is 0 Å². The highest BCUT2D eigenvalue weighted by molar-refractivity contribution is 5.01. The maximum absolute atomic E-state index is 3.97. The molecule has 3 nitrogen and oxygen atoms in total. The van der Waals surface area contributed by atoms with Crippen LogP contribution in [0.1, 0.15) is 6.92 Å². The molecule has 0 spiro atoms. The van der Waals surface area contributed by atoms with Crippen molar-refractivity contribution in [1.82, 2.24) is 14.7 Å². The molecule has 14 heavy (non-hydrogen) atoms. The number of hydrogen-bond donors (Lipinski definition) is 0. The van der Waals surface area contributed by atoms with E-state index in [2.05, 4.69) is 35.3 Å². The van der Waals surface area contributed by atoms with Gasteiger partial charge in [0.2, 0.25) is 0 Å². The smallest absolute Gasteiger partial charge is 0.0447 e. The van der Waals surface area contributed by atoms with E-state index in [9.17, 15) is 0 Å². The second-order valence-electron chi connectivity index (χ2n) is 4.63. The SMILES string of the molecule is C=C(C)N1CC(N2CCN(C)CC2)C1. The van der Waals surface area contributed by atoms with Gasteiger partial charge in [-0.2, -0.15) is 0 Å². The summed E-state index contributed by atoms with van der Waals surface area (Å²) >= 11 is 0. The van der Waals surface area contributed by atoms with Gasteiger partial charge in [0.15, 0.2) is 0 Å². The molecule has 2 heterocycles. The molecule has 0 radical (unpaired) electrons. The minimum atomic E-state index is 0.792. The van der Waals surface area contributed by atoms with Crippen LogP contribution >= 0.6 is 0 Å². The number of rotatable bonds is 2. The van der Waals surface area contributed by atoms with Gasteiger partial charge in [-0.15, -0.1) is 0 Å². The molecule has 0 N–H and O–H groups in total. The van der Waals surface area contributed by atoms with Crippen LogP contribution in [-0.4, -0.2) is 67.1 Å². The Labute approximate surface area is 87.0 Å². The highest BCUT2D eigenvalue weighted by atomic mass is 15.3. The van der Waals surface area contributed by atoms with E-state index in [1.807, 2.05) is 0 Å². The van der Waals surface area contributed by atoms with E-state index in [1.165, 1.54) is 45.0 Å². The zero-order chi connectivity index (χ0) is 10.1. The predicted molar refractivity (Wildman–Crippen MR) is 59.2 cm³/mol. The van der Waals surface area contributed by atoms with Gasteiger partial charge in [0.25, 0.3) is 0 Å². The number of likely N-dealkylation sites (tertiary alicyclic amines) is 1. The number of piperazine rings is 1. The summed E-state index contributed by atoms with van der Waals surface area (Å²) in [5.74, 6) is 0. The zero-order valence-corrected chi connectivity index (χ0v) is 9.37. The lowest BCUT2D eigenvalue weighted by molar-refractivity contribution is 0.0275. The van der Waals surface area contributed by atoms with E-state index in [-0.39, 0.29) is 0 Å². The Morgan fingerprint density at radius 1 is 1.14 bits per heavy atom. The molecular formula is C11H21N3. The first-order valence-electron chi connectivity index (χ1n) is 5.50. The largest absolute Gasteiger partial charge is 0.372 e. The van der Waals surface area contributed by atoms with Crippen molar-refractivity contribution in [2.24, 2.45) is 0 Å².